The molecule has 1 aromatic carbocycles. The van der Waals surface area contributed by atoms with Crippen molar-refractivity contribution in [1.29, 1.82) is 0 Å². The lowest BCUT2D eigenvalue weighted by Gasteiger charge is -2.22. The Hall–Kier alpha value is -0.460. The lowest BCUT2D eigenvalue weighted by atomic mass is 10.2. The maximum atomic E-state index is 13.9. The Labute approximate surface area is 119 Å². The van der Waals surface area contributed by atoms with Crippen LogP contribution in [0, 0.1) is 5.82 Å². The molecule has 1 aliphatic rings. The molecular weight excluding hydrogens is 293 g/mol. The van der Waals surface area contributed by atoms with Gasteiger partial charge in [0.1, 0.15) is 5.02 Å². The highest BCUT2D eigenvalue weighted by Crippen LogP contribution is 2.34. The van der Waals surface area contributed by atoms with Crippen LogP contribution in [0.2, 0.25) is 5.02 Å². The minimum Gasteiger partial charge on any atom is -0.397 e. The molecule has 0 saturated carbocycles. The predicted octanol–water partition coefficient (Wildman–Crippen LogP) is 2.90. The molecule has 0 aromatic heterocycles. The summed E-state index contributed by atoms with van der Waals surface area (Å²) < 4.78 is 13.9. The highest BCUT2D eigenvalue weighted by Gasteiger charge is 2.18. The molecule has 18 heavy (non-hydrogen) atoms. The summed E-state index contributed by atoms with van der Waals surface area (Å²) in [5.74, 6) is 2.83. The number of anilines is 3. The van der Waals surface area contributed by atoms with Crippen molar-refractivity contribution >= 4 is 52.2 Å². The molecule has 2 rings (SSSR count). The van der Waals surface area contributed by atoms with Crippen LogP contribution < -0.4 is 16.8 Å². The van der Waals surface area contributed by atoms with Crippen LogP contribution in [-0.2, 0) is 0 Å². The van der Waals surface area contributed by atoms with Gasteiger partial charge in [0.25, 0.3) is 0 Å². The standard InChI is InChI=1S/C11H15ClFN3S2/c12-9-7(14)3-8(15)11(10(9)13)16-4-6-5-17-1-2-18-6/h3,6,16H,1-2,4-5,14-15H2. The molecular formula is C11H15ClFN3S2. The molecule has 1 heterocycles. The van der Waals surface area contributed by atoms with Crippen LogP contribution in [0.1, 0.15) is 0 Å². The quantitative estimate of drug-likeness (QED) is 0.749. The van der Waals surface area contributed by atoms with E-state index < -0.39 is 5.82 Å². The number of halogens is 2. The lowest BCUT2D eigenvalue weighted by molar-refractivity contribution is 0.632. The summed E-state index contributed by atoms with van der Waals surface area (Å²) in [5, 5.41) is 3.44. The first-order valence-corrected chi connectivity index (χ1v) is 8.14. The number of benzene rings is 1. The van der Waals surface area contributed by atoms with E-state index in [2.05, 4.69) is 5.32 Å². The van der Waals surface area contributed by atoms with Gasteiger partial charge in [0, 0.05) is 29.1 Å². The molecule has 1 aromatic rings. The van der Waals surface area contributed by atoms with Crippen molar-refractivity contribution in [2.24, 2.45) is 0 Å². The molecule has 5 N–H and O–H groups in total. The third-order valence-electron chi connectivity index (χ3n) is 2.66. The molecule has 3 nitrogen and oxygen atoms in total. The minimum atomic E-state index is -0.567. The van der Waals surface area contributed by atoms with E-state index in [9.17, 15) is 4.39 Å². The van der Waals surface area contributed by atoms with Crippen LogP contribution in [0.15, 0.2) is 6.07 Å². The molecule has 0 radical (unpaired) electrons. The van der Waals surface area contributed by atoms with Crippen molar-refractivity contribution in [2.45, 2.75) is 5.25 Å². The summed E-state index contributed by atoms with van der Waals surface area (Å²) in [5.41, 5.74) is 12.0. The van der Waals surface area contributed by atoms with E-state index >= 15 is 0 Å². The molecule has 1 saturated heterocycles. The number of thioether (sulfide) groups is 2. The Morgan fingerprint density at radius 1 is 1.39 bits per heavy atom. The second-order valence-corrected chi connectivity index (χ2v) is 6.94. The Morgan fingerprint density at radius 3 is 2.83 bits per heavy atom. The maximum Gasteiger partial charge on any atom is 0.169 e. The Balaban J connectivity index is 2.06. The van der Waals surface area contributed by atoms with E-state index in [1.54, 1.807) is 0 Å². The molecule has 0 bridgehead atoms. The Bertz CT molecular complexity index is 439. The summed E-state index contributed by atoms with van der Waals surface area (Å²) in [6.45, 7) is 0.680. The third-order valence-corrected chi connectivity index (χ3v) is 5.89. The fourth-order valence-electron chi connectivity index (χ4n) is 1.72. The van der Waals surface area contributed by atoms with Gasteiger partial charge in [-0.05, 0) is 6.07 Å². The summed E-state index contributed by atoms with van der Waals surface area (Å²) in [7, 11) is 0. The van der Waals surface area contributed by atoms with E-state index in [-0.39, 0.29) is 16.4 Å². The van der Waals surface area contributed by atoms with Crippen molar-refractivity contribution in [1.82, 2.24) is 0 Å². The number of nitrogen functional groups attached to an aromatic ring is 2. The highest BCUT2D eigenvalue weighted by atomic mass is 35.5. The molecule has 7 heteroatoms. The second kappa shape index (κ2) is 6.12. The van der Waals surface area contributed by atoms with Crippen molar-refractivity contribution in [2.75, 3.05) is 40.6 Å². The van der Waals surface area contributed by atoms with Crippen molar-refractivity contribution in [3.8, 4) is 0 Å². The van der Waals surface area contributed by atoms with Crippen LogP contribution in [0.3, 0.4) is 0 Å². The first kappa shape index (κ1) is 14.0. The summed E-state index contributed by atoms with van der Waals surface area (Å²) >= 11 is 9.59. The zero-order valence-corrected chi connectivity index (χ0v) is 12.1. The molecule has 0 spiro atoms. The SMILES string of the molecule is Nc1cc(N)c(NCC2CSCCS2)c(F)c1Cl. The number of hydrogen-bond acceptors (Lipinski definition) is 5. The van der Waals surface area contributed by atoms with Gasteiger partial charge in [0.15, 0.2) is 5.82 Å². The summed E-state index contributed by atoms with van der Waals surface area (Å²) in [6, 6.07) is 1.48. The number of rotatable bonds is 3. The second-order valence-electron chi connectivity index (χ2n) is 4.01. The molecule has 0 aliphatic carbocycles. The van der Waals surface area contributed by atoms with Crippen LogP contribution in [0.25, 0.3) is 0 Å². The Kier molecular flexibility index (Phi) is 4.75. The van der Waals surface area contributed by atoms with Gasteiger partial charge in [-0.3, -0.25) is 0 Å². The number of nitrogens with one attached hydrogen (secondary N) is 1. The average Bonchev–Trinajstić information content (AvgIpc) is 2.37. The summed E-state index contributed by atoms with van der Waals surface area (Å²) in [4.78, 5) is 0. The maximum absolute atomic E-state index is 13.9. The van der Waals surface area contributed by atoms with Gasteiger partial charge in [-0.15, -0.1) is 0 Å². The fraction of sp³-hybridized carbons (Fsp3) is 0.455. The third kappa shape index (κ3) is 3.10. The van der Waals surface area contributed by atoms with Crippen LogP contribution in [0.4, 0.5) is 21.5 Å². The first-order valence-electron chi connectivity index (χ1n) is 5.55. The number of hydrogen-bond donors (Lipinski definition) is 3. The van der Waals surface area contributed by atoms with Gasteiger partial charge in [0.2, 0.25) is 0 Å². The predicted molar refractivity (Wildman–Crippen MR) is 82.3 cm³/mol. The fourth-order valence-corrected chi connectivity index (χ4v) is 4.48. The van der Waals surface area contributed by atoms with Crippen molar-refractivity contribution in [3.63, 3.8) is 0 Å². The van der Waals surface area contributed by atoms with Gasteiger partial charge < -0.3 is 16.8 Å². The van der Waals surface area contributed by atoms with Crippen LogP contribution in [0.5, 0.6) is 0 Å². The van der Waals surface area contributed by atoms with Gasteiger partial charge in [-0.25, -0.2) is 4.39 Å². The molecule has 0 amide bonds. The summed E-state index contributed by atoms with van der Waals surface area (Å²) in [6.07, 6.45) is 0. The van der Waals surface area contributed by atoms with Gasteiger partial charge in [0.05, 0.1) is 17.1 Å². The molecule has 1 atom stereocenters. The van der Waals surface area contributed by atoms with E-state index in [0.717, 1.165) is 11.5 Å². The average molecular weight is 308 g/mol. The minimum absolute atomic E-state index is 0.0719. The smallest absolute Gasteiger partial charge is 0.169 e. The van der Waals surface area contributed by atoms with Crippen LogP contribution in [-0.4, -0.2) is 29.1 Å². The van der Waals surface area contributed by atoms with E-state index in [1.165, 1.54) is 11.8 Å². The molecule has 100 valence electrons. The van der Waals surface area contributed by atoms with E-state index in [0.29, 0.717) is 17.5 Å². The van der Waals surface area contributed by atoms with Crippen LogP contribution >= 0.6 is 35.1 Å². The van der Waals surface area contributed by atoms with Crippen molar-refractivity contribution < 1.29 is 4.39 Å². The van der Waals surface area contributed by atoms with Gasteiger partial charge in [-0.2, -0.15) is 23.5 Å². The topological polar surface area (TPSA) is 64.1 Å². The van der Waals surface area contributed by atoms with Gasteiger partial charge in [-0.1, -0.05) is 11.6 Å². The Morgan fingerprint density at radius 2 is 2.17 bits per heavy atom. The number of nitrogens with two attached hydrogens (primary N) is 2. The van der Waals surface area contributed by atoms with E-state index in [1.807, 2.05) is 23.5 Å². The largest absolute Gasteiger partial charge is 0.397 e. The molecule has 1 fully saturated rings. The van der Waals surface area contributed by atoms with Gasteiger partial charge >= 0.3 is 0 Å². The van der Waals surface area contributed by atoms with Crippen molar-refractivity contribution in [3.05, 3.63) is 16.9 Å². The zero-order chi connectivity index (χ0) is 13.1. The monoisotopic (exact) mass is 307 g/mol. The first-order chi connectivity index (χ1) is 8.59. The highest BCUT2D eigenvalue weighted by molar-refractivity contribution is 8.06. The lowest BCUT2D eigenvalue weighted by Crippen LogP contribution is -2.24. The zero-order valence-electron chi connectivity index (χ0n) is 9.71. The molecule has 1 aliphatic heterocycles. The normalized spacial score (nSPS) is 19.8. The van der Waals surface area contributed by atoms with E-state index in [4.69, 9.17) is 23.1 Å². The molecule has 1 unspecified atom stereocenters.